The summed E-state index contributed by atoms with van der Waals surface area (Å²) in [4.78, 5) is 0.0945. The highest BCUT2D eigenvalue weighted by Gasteiger charge is 2.23. The van der Waals surface area contributed by atoms with Gasteiger partial charge in [0.05, 0.1) is 5.02 Å². The molecule has 0 radical (unpaired) electrons. The highest BCUT2D eigenvalue weighted by molar-refractivity contribution is 7.89. The van der Waals surface area contributed by atoms with Crippen LogP contribution in [0, 0.1) is 0 Å². The molecule has 0 aliphatic rings. The van der Waals surface area contributed by atoms with E-state index in [1.54, 1.807) is 19.2 Å². The van der Waals surface area contributed by atoms with E-state index >= 15 is 0 Å². The summed E-state index contributed by atoms with van der Waals surface area (Å²) in [6, 6.07) is 4.79. The smallest absolute Gasteiger partial charge is 0.244 e. The first-order chi connectivity index (χ1) is 8.93. The number of halogens is 1. The number of benzene rings is 1. The zero-order chi connectivity index (χ0) is 14.5. The molecule has 0 atom stereocenters. The predicted molar refractivity (Wildman–Crippen MR) is 75.7 cm³/mol. The van der Waals surface area contributed by atoms with Crippen LogP contribution in [0.5, 0.6) is 0 Å². The molecule has 2 N–H and O–H groups in total. The Morgan fingerprint density at radius 1 is 1.42 bits per heavy atom. The van der Waals surface area contributed by atoms with Crippen molar-refractivity contribution in [2.75, 3.05) is 27.3 Å². The van der Waals surface area contributed by atoms with Gasteiger partial charge in [0.15, 0.2) is 0 Å². The SMILES string of the molecule is COCCCN(C)S(=O)(=O)c1cc(CN)ccc1Cl. The van der Waals surface area contributed by atoms with Crippen LogP contribution in [-0.2, 0) is 21.3 Å². The van der Waals surface area contributed by atoms with Crippen LogP contribution in [0.1, 0.15) is 12.0 Å². The lowest BCUT2D eigenvalue weighted by Crippen LogP contribution is -2.29. The Balaban J connectivity index is 2.99. The van der Waals surface area contributed by atoms with E-state index in [0.717, 1.165) is 5.56 Å². The minimum atomic E-state index is -3.59. The van der Waals surface area contributed by atoms with Crippen molar-refractivity contribution >= 4 is 21.6 Å². The van der Waals surface area contributed by atoms with Crippen LogP contribution in [0.2, 0.25) is 5.02 Å². The van der Waals surface area contributed by atoms with E-state index in [0.29, 0.717) is 19.6 Å². The monoisotopic (exact) mass is 306 g/mol. The summed E-state index contributed by atoms with van der Waals surface area (Å²) < 4.78 is 30.9. The molecule has 0 amide bonds. The molecule has 1 aromatic rings. The Bertz CT molecular complexity index is 520. The largest absolute Gasteiger partial charge is 0.385 e. The van der Waals surface area contributed by atoms with Crippen molar-refractivity contribution in [3.8, 4) is 0 Å². The molecule has 0 aromatic heterocycles. The highest BCUT2D eigenvalue weighted by Crippen LogP contribution is 2.25. The Morgan fingerprint density at radius 3 is 2.68 bits per heavy atom. The van der Waals surface area contributed by atoms with Crippen molar-refractivity contribution in [3.05, 3.63) is 28.8 Å². The van der Waals surface area contributed by atoms with Crippen LogP contribution in [0.25, 0.3) is 0 Å². The molecule has 1 aromatic carbocycles. The van der Waals surface area contributed by atoms with E-state index in [4.69, 9.17) is 22.1 Å². The van der Waals surface area contributed by atoms with Crippen molar-refractivity contribution in [3.63, 3.8) is 0 Å². The minimum absolute atomic E-state index is 0.0945. The van der Waals surface area contributed by atoms with Gasteiger partial charge in [0.25, 0.3) is 0 Å². The summed E-state index contributed by atoms with van der Waals surface area (Å²) in [7, 11) is -0.489. The van der Waals surface area contributed by atoms with E-state index in [1.807, 2.05) is 0 Å². The Kier molecular flexibility index (Phi) is 6.22. The summed E-state index contributed by atoms with van der Waals surface area (Å²) in [6.45, 7) is 1.16. The van der Waals surface area contributed by atoms with Gasteiger partial charge in [-0.3, -0.25) is 0 Å². The third kappa shape index (κ3) is 4.15. The number of ether oxygens (including phenoxy) is 1. The maximum absolute atomic E-state index is 12.4. The molecule has 0 spiro atoms. The number of rotatable bonds is 7. The van der Waals surface area contributed by atoms with Crippen molar-refractivity contribution < 1.29 is 13.2 Å². The van der Waals surface area contributed by atoms with E-state index in [-0.39, 0.29) is 16.5 Å². The molecule has 0 unspecified atom stereocenters. The normalized spacial score (nSPS) is 12.1. The Hall–Kier alpha value is -0.660. The molecular formula is C12H19ClN2O3S. The van der Waals surface area contributed by atoms with Crippen LogP contribution in [0.4, 0.5) is 0 Å². The number of nitrogens with zero attached hydrogens (tertiary/aromatic N) is 1. The summed E-state index contributed by atoms with van der Waals surface area (Å²) in [5, 5.41) is 0.204. The van der Waals surface area contributed by atoms with Gasteiger partial charge < -0.3 is 10.5 Å². The van der Waals surface area contributed by atoms with Gasteiger partial charge in [-0.1, -0.05) is 17.7 Å². The average Bonchev–Trinajstić information content (AvgIpc) is 2.39. The maximum atomic E-state index is 12.4. The van der Waals surface area contributed by atoms with Crippen LogP contribution < -0.4 is 5.73 Å². The van der Waals surface area contributed by atoms with Gasteiger partial charge in [-0.05, 0) is 24.1 Å². The molecule has 0 aliphatic carbocycles. The molecule has 0 aliphatic heterocycles. The standard InChI is InChI=1S/C12H19ClN2O3S/c1-15(6-3-7-18-2)19(16,17)12-8-10(9-14)4-5-11(12)13/h4-5,8H,3,6-7,9,14H2,1-2H3. The van der Waals surface area contributed by atoms with Gasteiger partial charge in [-0.15, -0.1) is 0 Å². The van der Waals surface area contributed by atoms with E-state index < -0.39 is 10.0 Å². The van der Waals surface area contributed by atoms with Gasteiger partial charge in [0.1, 0.15) is 4.90 Å². The number of nitrogens with two attached hydrogens (primary N) is 1. The molecule has 0 bridgehead atoms. The Labute approximate surface area is 119 Å². The molecule has 7 heteroatoms. The van der Waals surface area contributed by atoms with E-state index in [2.05, 4.69) is 0 Å². The lowest BCUT2D eigenvalue weighted by molar-refractivity contribution is 0.189. The summed E-state index contributed by atoms with van der Waals surface area (Å²) in [5.74, 6) is 0. The number of hydrogen-bond acceptors (Lipinski definition) is 4. The number of methoxy groups -OCH3 is 1. The number of sulfonamides is 1. The Morgan fingerprint density at radius 2 is 2.11 bits per heavy atom. The molecule has 0 fully saturated rings. The molecule has 1 rings (SSSR count). The van der Waals surface area contributed by atoms with Crippen molar-refractivity contribution in [2.45, 2.75) is 17.9 Å². The zero-order valence-corrected chi connectivity index (χ0v) is 12.7. The van der Waals surface area contributed by atoms with Crippen molar-refractivity contribution in [2.24, 2.45) is 5.73 Å². The first-order valence-electron chi connectivity index (χ1n) is 5.87. The molecule has 5 nitrogen and oxygen atoms in total. The lowest BCUT2D eigenvalue weighted by Gasteiger charge is -2.18. The van der Waals surface area contributed by atoms with Crippen molar-refractivity contribution in [1.82, 2.24) is 4.31 Å². The van der Waals surface area contributed by atoms with E-state index in [9.17, 15) is 8.42 Å². The second-order valence-corrected chi connectivity index (χ2v) is 6.56. The lowest BCUT2D eigenvalue weighted by atomic mass is 10.2. The van der Waals surface area contributed by atoms with Crippen LogP contribution in [-0.4, -0.2) is 40.0 Å². The van der Waals surface area contributed by atoms with Gasteiger partial charge in [0, 0.05) is 33.9 Å². The molecule has 108 valence electrons. The minimum Gasteiger partial charge on any atom is -0.385 e. The fraction of sp³-hybridized carbons (Fsp3) is 0.500. The summed E-state index contributed by atoms with van der Waals surface area (Å²) in [5.41, 5.74) is 6.25. The molecule has 0 heterocycles. The van der Waals surface area contributed by atoms with Gasteiger partial charge in [-0.25, -0.2) is 12.7 Å². The topological polar surface area (TPSA) is 72.6 Å². The van der Waals surface area contributed by atoms with Crippen LogP contribution in [0.15, 0.2) is 23.1 Å². The fourth-order valence-corrected chi connectivity index (χ4v) is 3.32. The van der Waals surface area contributed by atoms with E-state index in [1.165, 1.54) is 17.4 Å². The molecular weight excluding hydrogens is 288 g/mol. The average molecular weight is 307 g/mol. The first-order valence-corrected chi connectivity index (χ1v) is 7.69. The summed E-state index contributed by atoms with van der Waals surface area (Å²) in [6.07, 6.45) is 0.625. The van der Waals surface area contributed by atoms with Crippen molar-refractivity contribution in [1.29, 1.82) is 0 Å². The second-order valence-electron chi connectivity index (χ2n) is 4.14. The maximum Gasteiger partial charge on any atom is 0.244 e. The third-order valence-electron chi connectivity index (χ3n) is 2.74. The summed E-state index contributed by atoms with van der Waals surface area (Å²) >= 11 is 5.97. The second kappa shape index (κ2) is 7.21. The molecule has 0 saturated heterocycles. The van der Waals surface area contributed by atoms with Gasteiger partial charge in [-0.2, -0.15) is 0 Å². The quantitative estimate of drug-likeness (QED) is 0.774. The van der Waals surface area contributed by atoms with Crippen LogP contribution in [0.3, 0.4) is 0 Å². The third-order valence-corrected chi connectivity index (χ3v) is 5.08. The van der Waals surface area contributed by atoms with Gasteiger partial charge >= 0.3 is 0 Å². The highest BCUT2D eigenvalue weighted by atomic mass is 35.5. The molecule has 0 saturated carbocycles. The van der Waals surface area contributed by atoms with Gasteiger partial charge in [0.2, 0.25) is 10.0 Å². The zero-order valence-electron chi connectivity index (χ0n) is 11.1. The predicted octanol–water partition coefficient (Wildman–Crippen LogP) is 1.46. The molecule has 19 heavy (non-hydrogen) atoms. The van der Waals surface area contributed by atoms with Crippen LogP contribution >= 0.6 is 11.6 Å². The number of hydrogen-bond donors (Lipinski definition) is 1. The fourth-order valence-electron chi connectivity index (χ4n) is 1.59. The first kappa shape index (κ1) is 16.4.